The summed E-state index contributed by atoms with van der Waals surface area (Å²) < 4.78 is 0. The van der Waals surface area contributed by atoms with Gasteiger partial charge in [-0.1, -0.05) is 77.2 Å². The molecular formula is C25H40O3. The Bertz CT molecular complexity index is 631. The maximum atomic E-state index is 12.7. The van der Waals surface area contributed by atoms with E-state index in [1.54, 1.807) is 19.9 Å². The molecule has 3 nitrogen and oxygen atoms in total. The summed E-state index contributed by atoms with van der Waals surface area (Å²) >= 11 is 0. The molecule has 28 heavy (non-hydrogen) atoms. The van der Waals surface area contributed by atoms with Crippen molar-refractivity contribution in [2.45, 2.75) is 104 Å². The third kappa shape index (κ3) is 7.33. The second-order valence-corrected chi connectivity index (χ2v) is 8.00. The van der Waals surface area contributed by atoms with Crippen LogP contribution in [0.25, 0.3) is 0 Å². The highest BCUT2D eigenvalue weighted by molar-refractivity contribution is 6.01. The molecule has 0 spiro atoms. The molecule has 3 heteroatoms. The minimum atomic E-state index is -0.0799. The highest BCUT2D eigenvalue weighted by atomic mass is 16.3. The molecule has 1 rings (SSSR count). The lowest BCUT2D eigenvalue weighted by Crippen LogP contribution is -2.07. The number of carbonyl (C=O) groups excluding carboxylic acids is 1. The largest absolute Gasteiger partial charge is 0.507 e. The number of phenols is 2. The number of aromatic hydroxyl groups is 2. The van der Waals surface area contributed by atoms with Gasteiger partial charge in [0.15, 0.2) is 5.78 Å². The normalized spacial score (nSPS) is 11.0. The second-order valence-electron chi connectivity index (χ2n) is 8.00. The lowest BCUT2D eigenvalue weighted by Gasteiger charge is -2.16. The third-order valence-electron chi connectivity index (χ3n) is 5.73. The molecule has 0 fully saturated rings. The van der Waals surface area contributed by atoms with E-state index < -0.39 is 0 Å². The van der Waals surface area contributed by atoms with E-state index in [2.05, 4.69) is 13.5 Å². The average molecular weight is 389 g/mol. The fourth-order valence-corrected chi connectivity index (χ4v) is 3.75. The maximum Gasteiger partial charge on any atom is 0.167 e. The Labute approximate surface area is 171 Å². The molecule has 0 atom stereocenters. The molecule has 2 N–H and O–H groups in total. The van der Waals surface area contributed by atoms with Crippen molar-refractivity contribution in [2.24, 2.45) is 0 Å². The number of hydrogen-bond donors (Lipinski definition) is 2. The van der Waals surface area contributed by atoms with E-state index in [4.69, 9.17) is 0 Å². The van der Waals surface area contributed by atoms with Crippen LogP contribution in [0.15, 0.2) is 12.7 Å². The molecule has 0 saturated carbocycles. The van der Waals surface area contributed by atoms with E-state index >= 15 is 0 Å². The topological polar surface area (TPSA) is 57.5 Å². The van der Waals surface area contributed by atoms with Crippen molar-refractivity contribution in [3.63, 3.8) is 0 Å². The molecule has 0 aliphatic heterocycles. The van der Waals surface area contributed by atoms with Gasteiger partial charge in [0.05, 0.1) is 5.56 Å². The van der Waals surface area contributed by atoms with Gasteiger partial charge < -0.3 is 10.2 Å². The molecule has 0 bridgehead atoms. The number of hydrogen-bond acceptors (Lipinski definition) is 3. The highest BCUT2D eigenvalue weighted by Crippen LogP contribution is 2.38. The van der Waals surface area contributed by atoms with E-state index in [1.807, 2.05) is 0 Å². The number of benzene rings is 1. The zero-order valence-electron chi connectivity index (χ0n) is 18.3. The van der Waals surface area contributed by atoms with Crippen LogP contribution in [0.2, 0.25) is 0 Å². The lowest BCUT2D eigenvalue weighted by atomic mass is 9.90. The van der Waals surface area contributed by atoms with Crippen LogP contribution < -0.4 is 0 Å². The van der Waals surface area contributed by atoms with Crippen LogP contribution >= 0.6 is 0 Å². The van der Waals surface area contributed by atoms with Crippen molar-refractivity contribution in [1.82, 2.24) is 0 Å². The molecule has 158 valence electrons. The smallest absolute Gasteiger partial charge is 0.167 e. The van der Waals surface area contributed by atoms with Crippen LogP contribution in [0.3, 0.4) is 0 Å². The van der Waals surface area contributed by atoms with Gasteiger partial charge in [0.1, 0.15) is 11.5 Å². The first-order valence-electron chi connectivity index (χ1n) is 11.1. The van der Waals surface area contributed by atoms with Crippen molar-refractivity contribution < 1.29 is 15.0 Å². The first kappa shape index (κ1) is 24.3. The molecule has 0 aliphatic carbocycles. The summed E-state index contributed by atoms with van der Waals surface area (Å²) in [6.07, 6.45) is 16.0. The second kappa shape index (κ2) is 13.4. The number of unbranched alkanes of at least 4 members (excludes halogenated alkanes) is 10. The summed E-state index contributed by atoms with van der Waals surface area (Å²) in [6.45, 7) is 9.45. The number of ketones is 1. The SMILES string of the molecule is C=CCc1c(O)c(C)c(C)c(O)c1C(=O)CCCCCCCCCCCCC. The minimum absolute atomic E-state index is 0.0141. The van der Waals surface area contributed by atoms with Gasteiger partial charge in [0, 0.05) is 12.0 Å². The van der Waals surface area contributed by atoms with Crippen LogP contribution in [-0.2, 0) is 6.42 Å². The molecular weight excluding hydrogens is 348 g/mol. The van der Waals surface area contributed by atoms with E-state index in [0.717, 1.165) is 19.3 Å². The van der Waals surface area contributed by atoms with Gasteiger partial charge in [-0.15, -0.1) is 6.58 Å². The lowest BCUT2D eigenvalue weighted by molar-refractivity contribution is 0.0975. The van der Waals surface area contributed by atoms with Gasteiger partial charge in [-0.05, 0) is 37.8 Å². The molecule has 0 amide bonds. The quantitative estimate of drug-likeness (QED) is 0.143. The Morgan fingerprint density at radius 1 is 0.821 bits per heavy atom. The number of carbonyl (C=O) groups is 1. The molecule has 1 aromatic rings. The van der Waals surface area contributed by atoms with Crippen molar-refractivity contribution >= 4 is 5.78 Å². The summed E-state index contributed by atoms with van der Waals surface area (Å²) in [4.78, 5) is 12.7. The van der Waals surface area contributed by atoms with Crippen molar-refractivity contribution in [3.05, 3.63) is 34.9 Å². The first-order valence-corrected chi connectivity index (χ1v) is 11.1. The van der Waals surface area contributed by atoms with Crippen molar-refractivity contribution in [3.8, 4) is 11.5 Å². The summed E-state index contributed by atoms with van der Waals surface area (Å²) in [6, 6.07) is 0. The number of rotatable bonds is 15. The zero-order chi connectivity index (χ0) is 20.9. The summed E-state index contributed by atoms with van der Waals surface area (Å²) in [5.41, 5.74) is 1.99. The Kier molecular flexibility index (Phi) is 11.6. The maximum absolute atomic E-state index is 12.7. The van der Waals surface area contributed by atoms with E-state index in [9.17, 15) is 15.0 Å². The van der Waals surface area contributed by atoms with E-state index in [1.165, 1.54) is 51.4 Å². The van der Waals surface area contributed by atoms with Crippen molar-refractivity contribution in [2.75, 3.05) is 0 Å². The highest BCUT2D eigenvalue weighted by Gasteiger charge is 2.23. The van der Waals surface area contributed by atoms with Crippen molar-refractivity contribution in [1.29, 1.82) is 0 Å². The minimum Gasteiger partial charge on any atom is -0.507 e. The monoisotopic (exact) mass is 388 g/mol. The molecule has 0 heterocycles. The Balaban J connectivity index is 2.43. The van der Waals surface area contributed by atoms with Crippen LogP contribution in [0.4, 0.5) is 0 Å². The van der Waals surface area contributed by atoms with Gasteiger partial charge in [0.25, 0.3) is 0 Å². The summed E-state index contributed by atoms with van der Waals surface area (Å²) in [7, 11) is 0. The first-order chi connectivity index (χ1) is 13.5. The standard InChI is InChI=1S/C25H40O3/c1-5-7-8-9-10-11-12-13-14-15-16-18-22(26)23-21(17-6-2)24(27)19(3)20(4)25(23)28/h6,27-28H,2,5,7-18H2,1,3-4H3. The van der Waals surface area contributed by atoms with Gasteiger partial charge in [0.2, 0.25) is 0 Å². The van der Waals surface area contributed by atoms with E-state index in [-0.39, 0.29) is 22.8 Å². The molecule has 1 aromatic carbocycles. The molecule has 0 aliphatic rings. The predicted octanol–water partition coefficient (Wildman–Crippen LogP) is 7.33. The zero-order valence-corrected chi connectivity index (χ0v) is 18.3. The fourth-order valence-electron chi connectivity index (χ4n) is 3.75. The summed E-state index contributed by atoms with van der Waals surface area (Å²) in [5, 5.41) is 20.9. The average Bonchev–Trinajstić information content (AvgIpc) is 2.68. The third-order valence-corrected chi connectivity index (χ3v) is 5.73. The molecule has 0 aromatic heterocycles. The fraction of sp³-hybridized carbons (Fsp3) is 0.640. The van der Waals surface area contributed by atoms with Crippen LogP contribution in [0.1, 0.15) is 111 Å². The Morgan fingerprint density at radius 3 is 1.79 bits per heavy atom. The van der Waals surface area contributed by atoms with Gasteiger partial charge in [-0.3, -0.25) is 4.79 Å². The van der Waals surface area contributed by atoms with Gasteiger partial charge in [-0.25, -0.2) is 0 Å². The number of Topliss-reactive ketones (excluding diaryl/α,β-unsaturated/α-hetero) is 1. The number of allylic oxidation sites excluding steroid dienone is 1. The predicted molar refractivity (Wildman–Crippen MR) is 119 cm³/mol. The Hall–Kier alpha value is -1.77. The van der Waals surface area contributed by atoms with Crippen LogP contribution in [-0.4, -0.2) is 16.0 Å². The molecule has 0 radical (unpaired) electrons. The van der Waals surface area contributed by atoms with E-state index in [0.29, 0.717) is 29.5 Å². The van der Waals surface area contributed by atoms with Gasteiger partial charge >= 0.3 is 0 Å². The number of phenolic OH excluding ortho intramolecular Hbond substituents is 2. The Morgan fingerprint density at radius 2 is 1.29 bits per heavy atom. The van der Waals surface area contributed by atoms with Crippen LogP contribution in [0, 0.1) is 13.8 Å². The van der Waals surface area contributed by atoms with Gasteiger partial charge in [-0.2, -0.15) is 0 Å². The van der Waals surface area contributed by atoms with Crippen LogP contribution in [0.5, 0.6) is 11.5 Å². The summed E-state index contributed by atoms with van der Waals surface area (Å²) in [5.74, 6) is 0.0429. The molecule has 0 saturated heterocycles. The molecule has 0 unspecified atom stereocenters.